The molecule has 0 aliphatic rings. The molecular formula is C9H6ClF3INO3. The van der Waals surface area contributed by atoms with Crippen LogP contribution in [0.25, 0.3) is 0 Å². The molecule has 0 spiro atoms. The minimum Gasteiger partial charge on any atom is -0.481 e. The number of carboxylic acids is 1. The van der Waals surface area contributed by atoms with Crippen LogP contribution in [0.3, 0.4) is 0 Å². The molecule has 0 aromatic carbocycles. The third-order valence-corrected chi connectivity index (χ3v) is 2.83. The minimum atomic E-state index is -4.86. The van der Waals surface area contributed by atoms with Gasteiger partial charge in [0.1, 0.15) is 3.70 Å². The highest BCUT2D eigenvalue weighted by molar-refractivity contribution is 14.1. The maximum atomic E-state index is 12.1. The Hall–Kier alpha value is -0.770. The fourth-order valence-electron chi connectivity index (χ4n) is 1.17. The van der Waals surface area contributed by atoms with E-state index in [-0.39, 0.29) is 20.8 Å². The van der Waals surface area contributed by atoms with Crippen LogP contribution >= 0.6 is 34.2 Å². The van der Waals surface area contributed by atoms with E-state index in [4.69, 9.17) is 16.7 Å². The molecule has 0 saturated carbocycles. The minimum absolute atomic E-state index is 0.0327. The number of ether oxygens (including phenoxy) is 1. The number of carbonyl (C=O) groups is 1. The first-order valence-corrected chi connectivity index (χ1v) is 6.06. The first kappa shape index (κ1) is 15.3. The van der Waals surface area contributed by atoms with Crippen LogP contribution in [0, 0.1) is 3.70 Å². The Morgan fingerprint density at radius 1 is 1.56 bits per heavy atom. The van der Waals surface area contributed by atoms with Crippen LogP contribution in [0.2, 0.25) is 0 Å². The van der Waals surface area contributed by atoms with Crippen LogP contribution in [0.15, 0.2) is 6.07 Å². The Kier molecular flexibility index (Phi) is 5.02. The number of alkyl halides is 4. The van der Waals surface area contributed by atoms with E-state index in [1.807, 2.05) is 0 Å². The summed E-state index contributed by atoms with van der Waals surface area (Å²) in [5.41, 5.74) is 0.315. The Balaban J connectivity index is 3.16. The number of hydrogen-bond donors (Lipinski definition) is 1. The van der Waals surface area contributed by atoms with Gasteiger partial charge in [0.25, 0.3) is 0 Å². The second-order valence-corrected chi connectivity index (χ2v) is 4.42. The van der Waals surface area contributed by atoms with Gasteiger partial charge in [-0.25, -0.2) is 4.98 Å². The molecule has 0 unspecified atom stereocenters. The monoisotopic (exact) mass is 395 g/mol. The van der Waals surface area contributed by atoms with E-state index in [0.29, 0.717) is 0 Å². The van der Waals surface area contributed by atoms with Crippen LogP contribution in [0.5, 0.6) is 5.75 Å². The van der Waals surface area contributed by atoms with Gasteiger partial charge in [-0.15, -0.1) is 24.8 Å². The van der Waals surface area contributed by atoms with Gasteiger partial charge in [0.2, 0.25) is 0 Å². The topological polar surface area (TPSA) is 59.4 Å². The zero-order valence-corrected chi connectivity index (χ0v) is 11.5. The van der Waals surface area contributed by atoms with Gasteiger partial charge in [-0.2, -0.15) is 0 Å². The Morgan fingerprint density at radius 2 is 2.17 bits per heavy atom. The van der Waals surface area contributed by atoms with Crippen molar-refractivity contribution in [3.63, 3.8) is 0 Å². The van der Waals surface area contributed by atoms with Crippen molar-refractivity contribution in [3.8, 4) is 5.75 Å². The lowest BCUT2D eigenvalue weighted by Gasteiger charge is -2.13. The van der Waals surface area contributed by atoms with Gasteiger partial charge in [-0.1, -0.05) is 0 Å². The van der Waals surface area contributed by atoms with Crippen molar-refractivity contribution in [2.24, 2.45) is 0 Å². The highest BCUT2D eigenvalue weighted by Gasteiger charge is 2.32. The zero-order valence-electron chi connectivity index (χ0n) is 8.59. The van der Waals surface area contributed by atoms with Gasteiger partial charge in [0.05, 0.1) is 18.0 Å². The SMILES string of the molecule is O=C(O)Cc1cc(OC(F)(F)F)c(I)nc1CCl. The molecule has 0 amide bonds. The summed E-state index contributed by atoms with van der Waals surface area (Å²) in [5, 5.41) is 8.64. The van der Waals surface area contributed by atoms with Crippen molar-refractivity contribution in [2.75, 3.05) is 0 Å². The van der Waals surface area contributed by atoms with E-state index in [0.717, 1.165) is 6.07 Å². The lowest BCUT2D eigenvalue weighted by molar-refractivity contribution is -0.275. The number of halogens is 5. The molecule has 18 heavy (non-hydrogen) atoms. The molecule has 1 N–H and O–H groups in total. The molecule has 1 aromatic heterocycles. The van der Waals surface area contributed by atoms with Crippen molar-refractivity contribution in [3.05, 3.63) is 21.0 Å². The van der Waals surface area contributed by atoms with E-state index < -0.39 is 24.5 Å². The third kappa shape index (κ3) is 4.48. The normalized spacial score (nSPS) is 11.4. The average molecular weight is 396 g/mol. The fourth-order valence-corrected chi connectivity index (χ4v) is 1.96. The number of carboxylic acid groups (broad SMARTS) is 1. The quantitative estimate of drug-likeness (QED) is 0.484. The lowest BCUT2D eigenvalue weighted by atomic mass is 10.1. The lowest BCUT2D eigenvalue weighted by Crippen LogP contribution is -2.19. The maximum absolute atomic E-state index is 12.1. The van der Waals surface area contributed by atoms with Crippen LogP contribution in [-0.4, -0.2) is 22.4 Å². The van der Waals surface area contributed by atoms with E-state index in [1.165, 1.54) is 0 Å². The number of nitrogens with zero attached hydrogens (tertiary/aromatic N) is 1. The molecule has 0 saturated heterocycles. The molecular weight excluding hydrogens is 389 g/mol. The van der Waals surface area contributed by atoms with Gasteiger partial charge in [0, 0.05) is 0 Å². The van der Waals surface area contributed by atoms with Gasteiger partial charge < -0.3 is 9.84 Å². The molecule has 0 bridgehead atoms. The van der Waals surface area contributed by atoms with Crippen molar-refractivity contribution in [2.45, 2.75) is 18.7 Å². The third-order valence-electron chi connectivity index (χ3n) is 1.81. The van der Waals surface area contributed by atoms with E-state index >= 15 is 0 Å². The summed E-state index contributed by atoms with van der Waals surface area (Å²) in [7, 11) is 0. The van der Waals surface area contributed by atoms with E-state index in [2.05, 4.69) is 9.72 Å². The van der Waals surface area contributed by atoms with Crippen LogP contribution in [-0.2, 0) is 17.1 Å². The number of pyridine rings is 1. The predicted octanol–water partition coefficient (Wildman–Crippen LogP) is 2.95. The van der Waals surface area contributed by atoms with Gasteiger partial charge in [-0.3, -0.25) is 4.79 Å². The molecule has 0 atom stereocenters. The highest BCUT2D eigenvalue weighted by Crippen LogP contribution is 2.29. The number of rotatable bonds is 4. The summed E-state index contributed by atoms with van der Waals surface area (Å²) in [5.74, 6) is -1.82. The molecule has 0 aliphatic heterocycles. The molecule has 0 radical (unpaired) electrons. The Bertz CT molecular complexity index is 467. The van der Waals surface area contributed by atoms with Gasteiger partial charge >= 0.3 is 12.3 Å². The van der Waals surface area contributed by atoms with Crippen molar-refractivity contribution < 1.29 is 27.8 Å². The molecule has 0 fully saturated rings. The van der Waals surface area contributed by atoms with Gasteiger partial charge in [-0.05, 0) is 34.2 Å². The molecule has 0 aliphatic carbocycles. The zero-order chi connectivity index (χ0) is 13.9. The first-order valence-electron chi connectivity index (χ1n) is 4.44. The average Bonchev–Trinajstić information content (AvgIpc) is 2.19. The van der Waals surface area contributed by atoms with Crippen LogP contribution < -0.4 is 4.74 Å². The van der Waals surface area contributed by atoms with Crippen molar-refractivity contribution in [1.82, 2.24) is 4.98 Å². The van der Waals surface area contributed by atoms with Crippen LogP contribution in [0.4, 0.5) is 13.2 Å². The Labute approximate surface area is 118 Å². The standard InChI is InChI=1S/C9H6ClF3INO3/c10-3-5-4(2-7(16)17)1-6(8(14)15-5)18-9(11,12)13/h1H,2-3H2,(H,16,17). The molecule has 4 nitrogen and oxygen atoms in total. The predicted molar refractivity (Wildman–Crippen MR) is 64.5 cm³/mol. The number of aromatic nitrogens is 1. The van der Waals surface area contributed by atoms with Crippen molar-refractivity contribution in [1.29, 1.82) is 0 Å². The summed E-state index contributed by atoms with van der Waals surface area (Å²) < 4.78 is 40.0. The number of aliphatic carboxylic acids is 1. The smallest absolute Gasteiger partial charge is 0.481 e. The summed E-state index contributed by atoms with van der Waals surface area (Å²) in [6.07, 6.45) is -5.33. The second kappa shape index (κ2) is 5.91. The van der Waals surface area contributed by atoms with Gasteiger partial charge in [0.15, 0.2) is 5.75 Å². The van der Waals surface area contributed by atoms with E-state index in [9.17, 15) is 18.0 Å². The fraction of sp³-hybridized carbons (Fsp3) is 0.333. The highest BCUT2D eigenvalue weighted by atomic mass is 127. The largest absolute Gasteiger partial charge is 0.573 e. The molecule has 9 heteroatoms. The van der Waals surface area contributed by atoms with Crippen molar-refractivity contribution >= 4 is 40.2 Å². The second-order valence-electron chi connectivity index (χ2n) is 3.14. The molecule has 1 rings (SSSR count). The summed E-state index contributed by atoms with van der Waals surface area (Å²) >= 11 is 7.11. The summed E-state index contributed by atoms with van der Waals surface area (Å²) in [6.45, 7) is 0. The Morgan fingerprint density at radius 3 is 2.61 bits per heavy atom. The molecule has 1 heterocycles. The first-order chi connectivity index (χ1) is 8.23. The number of hydrogen-bond acceptors (Lipinski definition) is 3. The maximum Gasteiger partial charge on any atom is 0.573 e. The molecule has 100 valence electrons. The van der Waals surface area contributed by atoms with E-state index in [1.54, 1.807) is 22.6 Å². The summed E-state index contributed by atoms with van der Waals surface area (Å²) in [6, 6.07) is 0.994. The van der Waals surface area contributed by atoms with Crippen LogP contribution in [0.1, 0.15) is 11.3 Å². The summed E-state index contributed by atoms with van der Waals surface area (Å²) in [4.78, 5) is 14.4. The molecule has 1 aromatic rings.